The summed E-state index contributed by atoms with van der Waals surface area (Å²) in [6, 6.07) is 27.6. The number of rotatable bonds is 11. The minimum absolute atomic E-state index is 0.0538. The number of anilines is 2. The number of fused-ring (bicyclic) bond motifs is 2. The Morgan fingerprint density at radius 3 is 2.37 bits per heavy atom. The van der Waals surface area contributed by atoms with Crippen LogP contribution in [-0.2, 0) is 22.4 Å². The van der Waals surface area contributed by atoms with Crippen LogP contribution in [0.3, 0.4) is 0 Å². The van der Waals surface area contributed by atoms with Crippen LogP contribution < -0.4 is 10.6 Å². The second-order valence-electron chi connectivity index (χ2n) is 11.8. The van der Waals surface area contributed by atoms with Gasteiger partial charge in [-0.05, 0) is 85.4 Å². The number of nitrogens with one attached hydrogen (secondary N) is 2. The highest BCUT2D eigenvalue weighted by Gasteiger charge is 2.32. The predicted octanol–water partition coefficient (Wildman–Crippen LogP) is 8.81. The molecule has 49 heavy (non-hydrogen) atoms. The molecular formula is C39H36N2O6S2. The highest BCUT2D eigenvalue weighted by Crippen LogP contribution is 2.43. The molecule has 1 aromatic heterocycles. The fraction of sp³-hybridized carbons (Fsp3) is 0.231. The number of thioether (sulfide) groups is 1. The predicted molar refractivity (Wildman–Crippen MR) is 195 cm³/mol. The summed E-state index contributed by atoms with van der Waals surface area (Å²) in [4.78, 5) is 54.1. The molecule has 2 atom stereocenters. The third-order valence-electron chi connectivity index (χ3n) is 8.67. The second-order valence-corrected chi connectivity index (χ2v) is 14.2. The van der Waals surface area contributed by atoms with E-state index in [0.717, 1.165) is 34.6 Å². The number of thiophene rings is 1. The van der Waals surface area contributed by atoms with Crippen LogP contribution in [-0.4, -0.2) is 40.7 Å². The molecule has 3 N–H and O–H groups in total. The molecule has 6 rings (SSSR count). The Morgan fingerprint density at radius 2 is 1.65 bits per heavy atom. The van der Waals surface area contributed by atoms with E-state index in [2.05, 4.69) is 22.8 Å². The van der Waals surface area contributed by atoms with Crippen LogP contribution in [0.2, 0.25) is 0 Å². The first kappa shape index (κ1) is 34.0. The third kappa shape index (κ3) is 7.40. The van der Waals surface area contributed by atoms with Crippen LogP contribution in [0.5, 0.6) is 0 Å². The van der Waals surface area contributed by atoms with E-state index >= 15 is 0 Å². The summed E-state index contributed by atoms with van der Waals surface area (Å²) >= 11 is 2.83. The molecule has 0 saturated carbocycles. The van der Waals surface area contributed by atoms with E-state index in [1.807, 2.05) is 31.2 Å². The number of aromatic carboxylic acids is 1. The summed E-state index contributed by atoms with van der Waals surface area (Å²) in [5, 5.41) is 16.8. The maximum atomic E-state index is 13.7. The molecule has 0 saturated heterocycles. The van der Waals surface area contributed by atoms with E-state index in [4.69, 9.17) is 4.74 Å². The maximum absolute atomic E-state index is 13.7. The summed E-state index contributed by atoms with van der Waals surface area (Å²) in [6.45, 7) is 3.95. The lowest BCUT2D eigenvalue weighted by molar-refractivity contribution is -0.115. The van der Waals surface area contributed by atoms with Crippen LogP contribution in [0.25, 0.3) is 10.8 Å². The van der Waals surface area contributed by atoms with Crippen molar-refractivity contribution < 1.29 is 29.0 Å². The summed E-state index contributed by atoms with van der Waals surface area (Å²) < 4.78 is 5.43. The number of hydrogen-bond donors (Lipinski definition) is 3. The molecule has 10 heteroatoms. The molecule has 0 bridgehead atoms. The summed E-state index contributed by atoms with van der Waals surface area (Å²) in [5.74, 6) is -1.84. The van der Waals surface area contributed by atoms with Gasteiger partial charge in [0.05, 0.1) is 23.0 Å². The molecule has 1 aliphatic rings. The Labute approximate surface area is 292 Å². The fourth-order valence-electron chi connectivity index (χ4n) is 6.34. The van der Waals surface area contributed by atoms with Crippen molar-refractivity contribution in [3.63, 3.8) is 0 Å². The van der Waals surface area contributed by atoms with E-state index in [0.29, 0.717) is 39.4 Å². The zero-order valence-electron chi connectivity index (χ0n) is 27.2. The van der Waals surface area contributed by atoms with Gasteiger partial charge in [-0.3, -0.25) is 9.59 Å². The Kier molecular flexibility index (Phi) is 10.5. The van der Waals surface area contributed by atoms with E-state index in [1.165, 1.54) is 34.7 Å². The van der Waals surface area contributed by atoms with Crippen molar-refractivity contribution in [2.45, 2.75) is 55.6 Å². The SMILES string of the molecule is CCOC(=O)c1c(NC(=O)C(CC)Sc2cccc(NC(=O)c3cccc4cccc(C(=O)O)c34)c2)sc2c1CCC(c1ccccc1)C2. The van der Waals surface area contributed by atoms with Gasteiger partial charge in [-0.15, -0.1) is 23.1 Å². The van der Waals surface area contributed by atoms with Crippen LogP contribution in [0.1, 0.15) is 79.7 Å². The fourth-order valence-corrected chi connectivity index (χ4v) is 8.67. The average molecular weight is 693 g/mol. The van der Waals surface area contributed by atoms with Crippen molar-refractivity contribution in [2.24, 2.45) is 0 Å². The molecular weight excluding hydrogens is 657 g/mol. The lowest BCUT2D eigenvalue weighted by atomic mass is 9.83. The molecule has 4 aromatic carbocycles. The molecule has 250 valence electrons. The maximum Gasteiger partial charge on any atom is 0.341 e. The van der Waals surface area contributed by atoms with Gasteiger partial charge in [-0.2, -0.15) is 0 Å². The molecule has 5 aromatic rings. The zero-order chi connectivity index (χ0) is 34.5. The standard InChI is InChI=1S/C39H36N2O6S2/c1-3-31(36(43)41-37-34(39(46)47-4-2)28-20-19-25(21-32(28)49-37)23-11-6-5-7-12-23)48-27-16-10-15-26(22-27)40-35(42)29-17-8-13-24-14-9-18-30(33(24)29)38(44)45/h5-18,22,25,31H,3-4,19-21H2,1-2H3,(H,40,42)(H,41,43)(H,44,45). The molecule has 1 heterocycles. The topological polar surface area (TPSA) is 122 Å². The van der Waals surface area contributed by atoms with Crippen LogP contribution in [0.15, 0.2) is 95.9 Å². The van der Waals surface area contributed by atoms with Gasteiger partial charge in [0, 0.05) is 26.4 Å². The van der Waals surface area contributed by atoms with Crippen LogP contribution in [0, 0.1) is 0 Å². The average Bonchev–Trinajstić information content (AvgIpc) is 3.47. The summed E-state index contributed by atoms with van der Waals surface area (Å²) in [5.41, 5.74) is 3.53. The number of carbonyl (C=O) groups is 4. The van der Waals surface area contributed by atoms with Crippen molar-refractivity contribution in [2.75, 3.05) is 17.2 Å². The molecule has 8 nitrogen and oxygen atoms in total. The number of carboxylic acid groups (broad SMARTS) is 1. The Morgan fingerprint density at radius 1 is 0.918 bits per heavy atom. The van der Waals surface area contributed by atoms with Crippen LogP contribution in [0.4, 0.5) is 10.7 Å². The van der Waals surface area contributed by atoms with Crippen LogP contribution >= 0.6 is 23.1 Å². The number of benzene rings is 4. The minimum Gasteiger partial charge on any atom is -0.478 e. The van der Waals surface area contributed by atoms with Gasteiger partial charge in [0.25, 0.3) is 5.91 Å². The molecule has 0 spiro atoms. The molecule has 0 radical (unpaired) electrons. The van der Waals surface area contributed by atoms with Crippen molar-refractivity contribution >= 4 is 68.3 Å². The van der Waals surface area contributed by atoms with E-state index in [-0.39, 0.29) is 23.6 Å². The van der Waals surface area contributed by atoms with Gasteiger partial charge in [0.2, 0.25) is 5.91 Å². The third-order valence-corrected chi connectivity index (χ3v) is 11.2. The highest BCUT2D eigenvalue weighted by molar-refractivity contribution is 8.00. The first-order valence-corrected chi connectivity index (χ1v) is 18.0. The summed E-state index contributed by atoms with van der Waals surface area (Å²) in [7, 11) is 0. The van der Waals surface area contributed by atoms with Gasteiger partial charge < -0.3 is 20.5 Å². The van der Waals surface area contributed by atoms with Gasteiger partial charge >= 0.3 is 11.9 Å². The number of hydrogen-bond acceptors (Lipinski definition) is 7. The van der Waals surface area contributed by atoms with Gasteiger partial charge in [-0.25, -0.2) is 9.59 Å². The monoisotopic (exact) mass is 692 g/mol. The van der Waals surface area contributed by atoms with Crippen molar-refractivity contribution in [3.8, 4) is 0 Å². The Hall–Kier alpha value is -4.93. The summed E-state index contributed by atoms with van der Waals surface area (Å²) in [6.07, 6.45) is 2.97. The quantitative estimate of drug-likeness (QED) is 0.0934. The molecule has 2 unspecified atom stereocenters. The molecule has 2 amide bonds. The van der Waals surface area contributed by atoms with E-state index in [1.54, 1.807) is 55.5 Å². The van der Waals surface area contributed by atoms with Crippen molar-refractivity contribution in [3.05, 3.63) is 124 Å². The highest BCUT2D eigenvalue weighted by atomic mass is 32.2. The number of esters is 1. The first-order valence-electron chi connectivity index (χ1n) is 16.3. The van der Waals surface area contributed by atoms with Crippen molar-refractivity contribution in [1.82, 2.24) is 0 Å². The number of carbonyl (C=O) groups excluding carboxylic acids is 3. The largest absolute Gasteiger partial charge is 0.478 e. The van der Waals surface area contributed by atoms with E-state index < -0.39 is 23.1 Å². The Balaban J connectivity index is 1.19. The smallest absolute Gasteiger partial charge is 0.341 e. The molecule has 0 aliphatic heterocycles. The number of amides is 2. The molecule has 0 fully saturated rings. The molecule has 1 aliphatic carbocycles. The number of ether oxygens (including phenoxy) is 1. The second kappa shape index (κ2) is 15.1. The lowest BCUT2D eigenvalue weighted by Gasteiger charge is -2.23. The lowest BCUT2D eigenvalue weighted by Crippen LogP contribution is -2.25. The van der Waals surface area contributed by atoms with Crippen molar-refractivity contribution in [1.29, 1.82) is 0 Å². The zero-order valence-corrected chi connectivity index (χ0v) is 28.8. The first-order chi connectivity index (χ1) is 23.8. The van der Waals surface area contributed by atoms with Gasteiger partial charge in [0.1, 0.15) is 5.00 Å². The van der Waals surface area contributed by atoms with E-state index in [9.17, 15) is 24.3 Å². The normalized spacial score (nSPS) is 14.4. The minimum atomic E-state index is -1.11. The Bertz CT molecular complexity index is 2040. The van der Waals surface area contributed by atoms with Gasteiger partial charge in [0.15, 0.2) is 0 Å². The van der Waals surface area contributed by atoms with Gasteiger partial charge in [-0.1, -0.05) is 67.6 Å². The number of carboxylic acids is 1.